The van der Waals surface area contributed by atoms with Crippen LogP contribution in [0.2, 0.25) is 0 Å². The van der Waals surface area contributed by atoms with Crippen LogP contribution < -0.4 is 10.6 Å². The number of nitrogens with one attached hydrogen (secondary N) is 2. The molecule has 5 nitrogen and oxygen atoms in total. The molecule has 1 fully saturated rings. The van der Waals surface area contributed by atoms with Crippen LogP contribution in [0.4, 0.5) is 0 Å². The molecule has 0 spiro atoms. The summed E-state index contributed by atoms with van der Waals surface area (Å²) in [6.45, 7) is 3.52. The third-order valence-electron chi connectivity index (χ3n) is 3.83. The molecule has 2 N–H and O–H groups in total. The summed E-state index contributed by atoms with van der Waals surface area (Å²) in [4.78, 5) is 5.83. The van der Waals surface area contributed by atoms with E-state index in [9.17, 15) is 8.42 Å². The molecule has 0 aromatic heterocycles. The number of hydrogen-bond donors (Lipinski definition) is 2. The number of guanidine groups is 1. The Kier molecular flexibility index (Phi) is 11.5. The molecule has 1 aliphatic rings. The van der Waals surface area contributed by atoms with E-state index >= 15 is 0 Å². The van der Waals surface area contributed by atoms with Crippen molar-refractivity contribution < 1.29 is 8.42 Å². The molecule has 1 heterocycles. The van der Waals surface area contributed by atoms with Gasteiger partial charge in [-0.3, -0.25) is 4.99 Å². The zero-order valence-corrected chi connectivity index (χ0v) is 20.5. The van der Waals surface area contributed by atoms with Crippen molar-refractivity contribution in [3.63, 3.8) is 0 Å². The van der Waals surface area contributed by atoms with E-state index in [-0.39, 0.29) is 41.5 Å². The van der Waals surface area contributed by atoms with E-state index in [1.165, 1.54) is 4.90 Å². The van der Waals surface area contributed by atoms with Crippen molar-refractivity contribution in [3.05, 3.63) is 28.7 Å². The molecular formula is C17H27BrIN3O2S2. The Hall–Kier alpha value is -0.000000000000000222. The maximum atomic E-state index is 11.5. The van der Waals surface area contributed by atoms with Gasteiger partial charge in [0, 0.05) is 28.5 Å². The molecule has 1 saturated heterocycles. The SMILES string of the molecule is CCNC(=NCCCCSc1ccccc1Br)NC1CCS(=O)(=O)C1.I. The molecule has 9 heteroatoms. The number of nitrogens with zero attached hydrogens (tertiary/aromatic N) is 1. The normalized spacial score (nSPS) is 19.0. The largest absolute Gasteiger partial charge is 0.357 e. The predicted molar refractivity (Wildman–Crippen MR) is 126 cm³/mol. The number of benzene rings is 1. The summed E-state index contributed by atoms with van der Waals surface area (Å²) in [6.07, 6.45) is 2.76. The number of halogens is 2. The van der Waals surface area contributed by atoms with Gasteiger partial charge >= 0.3 is 0 Å². The number of unbranched alkanes of at least 4 members (excludes halogenated alkanes) is 1. The standard InChI is InChI=1S/C17H26BrN3O2S2.HI/c1-2-19-17(21-14-9-12-25(22,23)13-14)20-10-5-6-11-24-16-8-4-3-7-15(16)18;/h3-4,7-8,14H,2,5-6,9-13H2,1H3,(H2,19,20,21);1H. The highest BCUT2D eigenvalue weighted by molar-refractivity contribution is 14.0. The molecule has 0 bridgehead atoms. The summed E-state index contributed by atoms with van der Waals surface area (Å²) in [6, 6.07) is 8.23. The Balaban J connectivity index is 0.00000338. The van der Waals surface area contributed by atoms with E-state index in [4.69, 9.17) is 0 Å². The second kappa shape index (κ2) is 12.5. The van der Waals surface area contributed by atoms with Crippen molar-refractivity contribution in [2.45, 2.75) is 37.1 Å². The fourth-order valence-corrected chi connectivity index (χ4v) is 5.82. The highest BCUT2D eigenvalue weighted by Crippen LogP contribution is 2.27. The van der Waals surface area contributed by atoms with E-state index in [0.717, 1.165) is 42.1 Å². The van der Waals surface area contributed by atoms with Gasteiger partial charge in [0.2, 0.25) is 0 Å². The molecule has 0 radical (unpaired) electrons. The number of aliphatic imine (C=N–C) groups is 1. The van der Waals surface area contributed by atoms with Gasteiger partial charge in [0.15, 0.2) is 15.8 Å². The van der Waals surface area contributed by atoms with Crippen molar-refractivity contribution >= 4 is 67.5 Å². The van der Waals surface area contributed by atoms with E-state index in [1.807, 2.05) is 24.8 Å². The lowest BCUT2D eigenvalue weighted by Gasteiger charge is -2.15. The number of hydrogen-bond acceptors (Lipinski definition) is 4. The van der Waals surface area contributed by atoms with Crippen LogP contribution in [0.25, 0.3) is 0 Å². The molecule has 1 atom stereocenters. The van der Waals surface area contributed by atoms with E-state index in [0.29, 0.717) is 6.42 Å². The third kappa shape index (κ3) is 8.79. The molecule has 1 aliphatic heterocycles. The van der Waals surface area contributed by atoms with Crippen LogP contribution in [0, 0.1) is 0 Å². The van der Waals surface area contributed by atoms with Gasteiger partial charge in [-0.2, -0.15) is 0 Å². The van der Waals surface area contributed by atoms with Crippen LogP contribution in [0.15, 0.2) is 38.6 Å². The van der Waals surface area contributed by atoms with Crippen molar-refractivity contribution in [1.29, 1.82) is 0 Å². The summed E-state index contributed by atoms with van der Waals surface area (Å²) in [7, 11) is -2.87. The van der Waals surface area contributed by atoms with Crippen molar-refractivity contribution in [3.8, 4) is 0 Å². The monoisotopic (exact) mass is 575 g/mol. The average molecular weight is 576 g/mol. The summed E-state index contributed by atoms with van der Waals surface area (Å²) in [5, 5.41) is 6.44. The van der Waals surface area contributed by atoms with Crippen LogP contribution >= 0.6 is 51.7 Å². The van der Waals surface area contributed by atoms with Gasteiger partial charge in [-0.15, -0.1) is 35.7 Å². The topological polar surface area (TPSA) is 70.6 Å². The highest BCUT2D eigenvalue weighted by atomic mass is 127. The minimum absolute atomic E-state index is 0. The molecule has 1 aromatic carbocycles. The lowest BCUT2D eigenvalue weighted by Crippen LogP contribution is -2.44. The second-order valence-electron chi connectivity index (χ2n) is 5.99. The summed E-state index contributed by atoms with van der Waals surface area (Å²) in [5.74, 6) is 2.27. The molecule has 148 valence electrons. The molecule has 0 aliphatic carbocycles. The predicted octanol–water partition coefficient (Wildman–Crippen LogP) is 3.68. The quantitative estimate of drug-likeness (QED) is 0.163. The molecular weight excluding hydrogens is 549 g/mol. The zero-order chi connectivity index (χ0) is 18.1. The Morgan fingerprint density at radius 1 is 1.35 bits per heavy atom. The Bertz CT molecular complexity index is 686. The van der Waals surface area contributed by atoms with Crippen molar-refractivity contribution in [2.24, 2.45) is 4.99 Å². The molecule has 26 heavy (non-hydrogen) atoms. The molecule has 1 unspecified atom stereocenters. The van der Waals surface area contributed by atoms with E-state index in [2.05, 4.69) is 49.8 Å². The fourth-order valence-electron chi connectivity index (χ4n) is 2.57. The zero-order valence-electron chi connectivity index (χ0n) is 14.9. The van der Waals surface area contributed by atoms with Crippen LogP contribution in [0.3, 0.4) is 0 Å². The first-order valence-corrected chi connectivity index (χ1v) is 12.2. The van der Waals surface area contributed by atoms with E-state index < -0.39 is 9.84 Å². The number of thioether (sulfide) groups is 1. The fraction of sp³-hybridized carbons (Fsp3) is 0.588. The van der Waals surface area contributed by atoms with Gasteiger partial charge in [0.25, 0.3) is 0 Å². The first-order valence-electron chi connectivity index (χ1n) is 8.63. The van der Waals surface area contributed by atoms with Gasteiger partial charge in [0.05, 0.1) is 11.5 Å². The van der Waals surface area contributed by atoms with Gasteiger partial charge in [-0.25, -0.2) is 8.42 Å². The minimum atomic E-state index is -2.87. The Labute approximate surface area is 186 Å². The smallest absolute Gasteiger partial charge is 0.191 e. The Morgan fingerprint density at radius 2 is 2.12 bits per heavy atom. The van der Waals surface area contributed by atoms with Gasteiger partial charge in [-0.1, -0.05) is 12.1 Å². The van der Waals surface area contributed by atoms with Crippen LogP contribution in [0.1, 0.15) is 26.2 Å². The first kappa shape index (κ1) is 24.0. The summed E-state index contributed by atoms with van der Waals surface area (Å²) in [5.41, 5.74) is 0. The molecule has 0 saturated carbocycles. The third-order valence-corrected chi connectivity index (χ3v) is 7.72. The molecule has 2 rings (SSSR count). The van der Waals surface area contributed by atoms with Crippen LogP contribution in [0.5, 0.6) is 0 Å². The lowest BCUT2D eigenvalue weighted by atomic mass is 10.3. The maximum absolute atomic E-state index is 11.5. The average Bonchev–Trinajstić information content (AvgIpc) is 2.91. The second-order valence-corrected chi connectivity index (χ2v) is 10.2. The summed E-state index contributed by atoms with van der Waals surface area (Å²) < 4.78 is 24.2. The van der Waals surface area contributed by atoms with Gasteiger partial charge in [-0.05, 0) is 60.0 Å². The molecule has 0 amide bonds. The highest BCUT2D eigenvalue weighted by Gasteiger charge is 2.28. The van der Waals surface area contributed by atoms with Crippen molar-refractivity contribution in [2.75, 3.05) is 30.3 Å². The van der Waals surface area contributed by atoms with Gasteiger partial charge < -0.3 is 10.6 Å². The maximum Gasteiger partial charge on any atom is 0.191 e. The first-order chi connectivity index (χ1) is 12.0. The number of rotatable bonds is 8. The molecule has 1 aromatic rings. The number of sulfone groups is 1. The van der Waals surface area contributed by atoms with E-state index in [1.54, 1.807) is 0 Å². The van der Waals surface area contributed by atoms with Crippen molar-refractivity contribution in [1.82, 2.24) is 10.6 Å². The lowest BCUT2D eigenvalue weighted by molar-refractivity contribution is 0.599. The van der Waals surface area contributed by atoms with Gasteiger partial charge in [0.1, 0.15) is 0 Å². The summed E-state index contributed by atoms with van der Waals surface area (Å²) >= 11 is 5.41. The van der Waals surface area contributed by atoms with Crippen LogP contribution in [-0.4, -0.2) is 50.8 Å². The van der Waals surface area contributed by atoms with Crippen LogP contribution in [-0.2, 0) is 9.84 Å². The minimum Gasteiger partial charge on any atom is -0.357 e. The Morgan fingerprint density at radius 3 is 2.77 bits per heavy atom.